The highest BCUT2D eigenvalue weighted by molar-refractivity contribution is 5.74. The number of imidazole rings is 1. The molecule has 0 radical (unpaired) electrons. The molecule has 4 heteroatoms. The van der Waals surface area contributed by atoms with Gasteiger partial charge in [0.2, 0.25) is 0 Å². The molecule has 0 amide bonds. The zero-order chi connectivity index (χ0) is 14.5. The predicted molar refractivity (Wildman–Crippen MR) is 84.2 cm³/mol. The molecule has 0 saturated carbocycles. The summed E-state index contributed by atoms with van der Waals surface area (Å²) in [6.07, 6.45) is 2.82. The summed E-state index contributed by atoms with van der Waals surface area (Å²) in [6, 6.07) is 16.1. The lowest BCUT2D eigenvalue weighted by Gasteiger charge is -2.10. The van der Waals surface area contributed by atoms with Gasteiger partial charge in [0.25, 0.3) is 0 Å². The van der Waals surface area contributed by atoms with Crippen LogP contribution in [0.4, 0.5) is 0 Å². The maximum absolute atomic E-state index is 5.82. The predicted octanol–water partition coefficient (Wildman–Crippen LogP) is 2.96. The summed E-state index contributed by atoms with van der Waals surface area (Å²) in [5.41, 5.74) is 8.95. The molecule has 21 heavy (non-hydrogen) atoms. The van der Waals surface area contributed by atoms with E-state index in [-0.39, 0.29) is 0 Å². The summed E-state index contributed by atoms with van der Waals surface area (Å²) in [5.74, 6) is 0.885. The molecule has 0 fully saturated rings. The molecule has 0 spiro atoms. The van der Waals surface area contributed by atoms with Gasteiger partial charge in [-0.05, 0) is 24.6 Å². The summed E-state index contributed by atoms with van der Waals surface area (Å²) < 4.78 is 7.98. The number of ether oxygens (including phenoxy) is 1. The lowest BCUT2D eigenvalue weighted by atomic mass is 10.2. The number of aryl methyl sites for hydroxylation is 1. The highest BCUT2D eigenvalue weighted by Gasteiger charge is 2.03. The maximum Gasteiger partial charge on any atom is 0.123 e. The average Bonchev–Trinajstić information content (AvgIpc) is 2.95. The van der Waals surface area contributed by atoms with E-state index in [1.807, 2.05) is 48.8 Å². The summed E-state index contributed by atoms with van der Waals surface area (Å²) in [6.45, 7) is 2.07. The van der Waals surface area contributed by atoms with Crippen LogP contribution in [0.2, 0.25) is 0 Å². The minimum atomic E-state index is 0.502. The van der Waals surface area contributed by atoms with Gasteiger partial charge in [0.05, 0.1) is 24.0 Å². The van der Waals surface area contributed by atoms with Crippen molar-refractivity contribution in [2.75, 3.05) is 6.61 Å². The lowest BCUT2D eigenvalue weighted by Crippen LogP contribution is -2.06. The van der Waals surface area contributed by atoms with Crippen LogP contribution in [0, 0.1) is 0 Å². The van der Waals surface area contributed by atoms with Crippen LogP contribution in [0.25, 0.3) is 11.0 Å². The molecule has 0 bridgehead atoms. The second-order valence-electron chi connectivity index (χ2n) is 4.94. The molecular formula is C17H19N3O. The fourth-order valence-electron chi connectivity index (χ4n) is 2.42. The van der Waals surface area contributed by atoms with Gasteiger partial charge in [-0.25, -0.2) is 4.98 Å². The highest BCUT2D eigenvalue weighted by atomic mass is 16.5. The first-order valence-electron chi connectivity index (χ1n) is 7.19. The molecule has 2 aromatic carbocycles. The van der Waals surface area contributed by atoms with E-state index in [1.165, 1.54) is 5.52 Å². The molecule has 1 aromatic heterocycles. The summed E-state index contributed by atoms with van der Waals surface area (Å²) in [5, 5.41) is 0. The van der Waals surface area contributed by atoms with E-state index in [0.29, 0.717) is 13.2 Å². The number of rotatable bonds is 6. The second-order valence-corrected chi connectivity index (χ2v) is 4.94. The number of benzene rings is 2. The van der Waals surface area contributed by atoms with Crippen LogP contribution in [0.5, 0.6) is 5.75 Å². The van der Waals surface area contributed by atoms with E-state index in [0.717, 1.165) is 29.8 Å². The first-order chi connectivity index (χ1) is 10.4. The topological polar surface area (TPSA) is 53.1 Å². The highest BCUT2D eigenvalue weighted by Crippen LogP contribution is 2.17. The zero-order valence-electron chi connectivity index (χ0n) is 11.9. The Hall–Kier alpha value is -2.33. The largest absolute Gasteiger partial charge is 0.493 e. The Morgan fingerprint density at radius 3 is 2.76 bits per heavy atom. The Bertz CT molecular complexity index is 721. The van der Waals surface area contributed by atoms with Crippen molar-refractivity contribution < 1.29 is 4.74 Å². The molecule has 0 atom stereocenters. The van der Waals surface area contributed by atoms with E-state index in [9.17, 15) is 0 Å². The third-order valence-corrected chi connectivity index (χ3v) is 3.52. The third kappa shape index (κ3) is 3.06. The van der Waals surface area contributed by atoms with E-state index in [4.69, 9.17) is 10.5 Å². The van der Waals surface area contributed by atoms with Crippen molar-refractivity contribution in [2.24, 2.45) is 5.73 Å². The van der Waals surface area contributed by atoms with E-state index >= 15 is 0 Å². The van der Waals surface area contributed by atoms with Gasteiger partial charge in [-0.2, -0.15) is 0 Å². The van der Waals surface area contributed by atoms with Gasteiger partial charge in [0.1, 0.15) is 5.75 Å². The molecule has 0 unspecified atom stereocenters. The van der Waals surface area contributed by atoms with Crippen LogP contribution >= 0.6 is 0 Å². The molecular weight excluding hydrogens is 262 g/mol. The Labute approximate surface area is 124 Å². The zero-order valence-corrected chi connectivity index (χ0v) is 11.9. The Morgan fingerprint density at radius 1 is 1.05 bits per heavy atom. The molecule has 0 aliphatic heterocycles. The molecule has 3 aromatic rings. The monoisotopic (exact) mass is 281 g/mol. The minimum Gasteiger partial charge on any atom is -0.493 e. The summed E-state index contributed by atoms with van der Waals surface area (Å²) in [7, 11) is 0. The van der Waals surface area contributed by atoms with E-state index in [2.05, 4.69) is 15.6 Å². The van der Waals surface area contributed by atoms with Crippen molar-refractivity contribution in [2.45, 2.75) is 19.5 Å². The van der Waals surface area contributed by atoms with Crippen molar-refractivity contribution in [3.8, 4) is 5.75 Å². The molecule has 0 aliphatic rings. The first kappa shape index (κ1) is 13.6. The van der Waals surface area contributed by atoms with Gasteiger partial charge in [0, 0.05) is 18.7 Å². The van der Waals surface area contributed by atoms with Gasteiger partial charge in [0.15, 0.2) is 0 Å². The summed E-state index contributed by atoms with van der Waals surface area (Å²) >= 11 is 0. The van der Waals surface area contributed by atoms with Crippen LogP contribution in [-0.2, 0) is 13.1 Å². The Kier molecular flexibility index (Phi) is 4.17. The number of hydrogen-bond acceptors (Lipinski definition) is 3. The van der Waals surface area contributed by atoms with Gasteiger partial charge in [-0.3, -0.25) is 0 Å². The minimum absolute atomic E-state index is 0.502. The van der Waals surface area contributed by atoms with Crippen molar-refractivity contribution in [3.63, 3.8) is 0 Å². The number of para-hydroxylation sites is 3. The van der Waals surface area contributed by atoms with Crippen LogP contribution < -0.4 is 10.5 Å². The Morgan fingerprint density at radius 2 is 1.86 bits per heavy atom. The van der Waals surface area contributed by atoms with Gasteiger partial charge in [-0.15, -0.1) is 0 Å². The average molecular weight is 281 g/mol. The normalized spacial score (nSPS) is 10.9. The number of aromatic nitrogens is 2. The lowest BCUT2D eigenvalue weighted by molar-refractivity contribution is 0.299. The number of hydrogen-bond donors (Lipinski definition) is 1. The number of fused-ring (bicyclic) bond motifs is 1. The molecule has 3 rings (SSSR count). The molecule has 4 nitrogen and oxygen atoms in total. The van der Waals surface area contributed by atoms with E-state index < -0.39 is 0 Å². The van der Waals surface area contributed by atoms with Crippen LogP contribution in [-0.4, -0.2) is 16.2 Å². The molecule has 0 saturated heterocycles. The quantitative estimate of drug-likeness (QED) is 0.707. The smallest absolute Gasteiger partial charge is 0.123 e. The van der Waals surface area contributed by atoms with Crippen molar-refractivity contribution in [1.82, 2.24) is 9.55 Å². The fourth-order valence-corrected chi connectivity index (χ4v) is 2.42. The van der Waals surface area contributed by atoms with Gasteiger partial charge >= 0.3 is 0 Å². The molecule has 108 valence electrons. The van der Waals surface area contributed by atoms with Crippen LogP contribution in [0.15, 0.2) is 54.9 Å². The standard InChI is InChI=1S/C17H19N3O/c18-12-14-6-1-4-9-17(14)21-11-5-10-20-13-19-15-7-2-3-8-16(15)20/h1-4,6-9,13H,5,10-12,18H2. The SMILES string of the molecule is NCc1ccccc1OCCCn1cnc2ccccc21. The van der Waals surface area contributed by atoms with Crippen molar-refractivity contribution in [3.05, 3.63) is 60.4 Å². The van der Waals surface area contributed by atoms with Crippen LogP contribution in [0.1, 0.15) is 12.0 Å². The second kappa shape index (κ2) is 6.41. The van der Waals surface area contributed by atoms with Gasteiger partial charge < -0.3 is 15.0 Å². The summed E-state index contributed by atoms with van der Waals surface area (Å²) in [4.78, 5) is 4.39. The third-order valence-electron chi connectivity index (χ3n) is 3.52. The number of nitrogens with two attached hydrogens (primary N) is 1. The van der Waals surface area contributed by atoms with Gasteiger partial charge in [-0.1, -0.05) is 30.3 Å². The number of nitrogens with zero attached hydrogens (tertiary/aromatic N) is 2. The van der Waals surface area contributed by atoms with Crippen molar-refractivity contribution >= 4 is 11.0 Å². The molecule has 2 N–H and O–H groups in total. The van der Waals surface area contributed by atoms with Crippen LogP contribution in [0.3, 0.4) is 0 Å². The maximum atomic E-state index is 5.82. The van der Waals surface area contributed by atoms with E-state index in [1.54, 1.807) is 0 Å². The molecule has 1 heterocycles. The molecule has 0 aliphatic carbocycles. The Balaban J connectivity index is 1.57. The first-order valence-corrected chi connectivity index (χ1v) is 7.19. The van der Waals surface area contributed by atoms with Crippen molar-refractivity contribution in [1.29, 1.82) is 0 Å². The fraction of sp³-hybridized carbons (Fsp3) is 0.235.